The fourth-order valence-corrected chi connectivity index (χ4v) is 2.87. The summed E-state index contributed by atoms with van der Waals surface area (Å²) in [5.41, 5.74) is 6.82. The van der Waals surface area contributed by atoms with Gasteiger partial charge in [0, 0.05) is 25.8 Å². The number of hydrogen-bond donors (Lipinski definition) is 1. The molecule has 0 fully saturated rings. The molecule has 1 aromatic carbocycles. The van der Waals surface area contributed by atoms with Crippen molar-refractivity contribution in [2.24, 2.45) is 5.73 Å². The molecule has 2 N–H and O–H groups in total. The molecule has 2 aromatic rings. The molecule has 0 amide bonds. The Kier molecular flexibility index (Phi) is 8.93. The molecule has 0 atom stereocenters. The third-order valence-corrected chi connectivity index (χ3v) is 4.50. The zero-order chi connectivity index (χ0) is 18.6. The minimum Gasteiger partial charge on any atom is -0.497 e. The molecule has 0 spiro atoms. The summed E-state index contributed by atoms with van der Waals surface area (Å²) in [6, 6.07) is 14.3. The van der Waals surface area contributed by atoms with Crippen molar-refractivity contribution < 1.29 is 4.74 Å². The number of rotatable bonds is 12. The van der Waals surface area contributed by atoms with Gasteiger partial charge in [-0.3, -0.25) is 0 Å². The minimum absolute atomic E-state index is 0.791. The lowest BCUT2D eigenvalue weighted by molar-refractivity contribution is 0.329. The van der Waals surface area contributed by atoms with Crippen LogP contribution in [0.1, 0.15) is 24.8 Å². The number of aromatic nitrogens is 1. The van der Waals surface area contributed by atoms with Gasteiger partial charge in [0.05, 0.1) is 7.11 Å². The molecule has 2 rings (SSSR count). The fourth-order valence-electron chi connectivity index (χ4n) is 2.87. The van der Waals surface area contributed by atoms with E-state index in [-0.39, 0.29) is 0 Å². The number of pyridine rings is 1. The van der Waals surface area contributed by atoms with Crippen molar-refractivity contribution in [1.29, 1.82) is 0 Å². The molecular weight excluding hydrogens is 324 g/mol. The lowest BCUT2D eigenvalue weighted by atomic mass is 10.2. The normalized spacial score (nSPS) is 10.9. The first-order chi connectivity index (χ1) is 12.7. The molecule has 0 aliphatic heterocycles. The monoisotopic (exact) mass is 356 g/mol. The highest BCUT2D eigenvalue weighted by Gasteiger charge is 2.10. The number of anilines is 1. The summed E-state index contributed by atoms with van der Waals surface area (Å²) in [4.78, 5) is 9.26. The van der Waals surface area contributed by atoms with Crippen LogP contribution in [0.25, 0.3) is 0 Å². The van der Waals surface area contributed by atoms with E-state index < -0.39 is 0 Å². The molecule has 142 valence electrons. The molecule has 0 aliphatic carbocycles. The summed E-state index contributed by atoms with van der Waals surface area (Å²) >= 11 is 0. The van der Waals surface area contributed by atoms with Crippen LogP contribution in [-0.2, 0) is 6.54 Å². The quantitative estimate of drug-likeness (QED) is 0.592. The molecule has 0 saturated carbocycles. The Hall–Kier alpha value is -2.11. The lowest BCUT2D eigenvalue weighted by Gasteiger charge is -2.27. The molecular formula is C21H32N4O. The first kappa shape index (κ1) is 20.2. The second kappa shape index (κ2) is 11.5. The Balaban J connectivity index is 1.93. The molecule has 26 heavy (non-hydrogen) atoms. The third-order valence-electron chi connectivity index (χ3n) is 4.50. The first-order valence-corrected chi connectivity index (χ1v) is 9.40. The third kappa shape index (κ3) is 7.02. The number of hydrogen-bond acceptors (Lipinski definition) is 5. The Morgan fingerprint density at radius 2 is 1.77 bits per heavy atom. The highest BCUT2D eigenvalue weighted by Crippen LogP contribution is 2.17. The van der Waals surface area contributed by atoms with Crippen molar-refractivity contribution in [2.45, 2.75) is 25.8 Å². The number of nitrogens with two attached hydrogens (primary N) is 1. The summed E-state index contributed by atoms with van der Waals surface area (Å²) in [6.45, 7) is 4.69. The van der Waals surface area contributed by atoms with Gasteiger partial charge in [-0.1, -0.05) is 24.6 Å². The standard InChI is InChI=1S/C21H32N4O/c1-24(15-7-3-5-13-22)16-17-25(21-8-4-6-14-23-21)18-19-9-11-20(26-2)12-10-19/h4,6,8-12,14H,3,5,7,13,15-18,22H2,1-2H3. The predicted molar refractivity (Wildman–Crippen MR) is 109 cm³/mol. The number of likely N-dealkylation sites (N-methyl/N-ethyl adjacent to an activating group) is 1. The van der Waals surface area contributed by atoms with Crippen LogP contribution >= 0.6 is 0 Å². The molecule has 0 radical (unpaired) electrons. The van der Waals surface area contributed by atoms with Crippen LogP contribution < -0.4 is 15.4 Å². The van der Waals surface area contributed by atoms with Crippen LogP contribution in [0.4, 0.5) is 5.82 Å². The van der Waals surface area contributed by atoms with Crippen molar-refractivity contribution in [2.75, 3.05) is 45.2 Å². The number of methoxy groups -OCH3 is 1. The molecule has 5 heteroatoms. The van der Waals surface area contributed by atoms with E-state index in [1.807, 2.05) is 30.5 Å². The fraction of sp³-hybridized carbons (Fsp3) is 0.476. The van der Waals surface area contributed by atoms with E-state index in [9.17, 15) is 0 Å². The molecule has 0 unspecified atom stereocenters. The molecule has 0 aliphatic rings. The van der Waals surface area contributed by atoms with Crippen molar-refractivity contribution in [3.63, 3.8) is 0 Å². The summed E-state index contributed by atoms with van der Waals surface area (Å²) in [5, 5.41) is 0. The predicted octanol–water partition coefficient (Wildman–Crippen LogP) is 3.16. The van der Waals surface area contributed by atoms with Crippen molar-refractivity contribution in [3.8, 4) is 5.75 Å². The zero-order valence-electron chi connectivity index (χ0n) is 16.1. The Labute approximate surface area is 157 Å². The van der Waals surface area contributed by atoms with Gasteiger partial charge in [0.15, 0.2) is 0 Å². The van der Waals surface area contributed by atoms with Crippen LogP contribution in [0, 0.1) is 0 Å². The number of ether oxygens (including phenoxy) is 1. The maximum absolute atomic E-state index is 5.56. The largest absolute Gasteiger partial charge is 0.497 e. The summed E-state index contributed by atoms with van der Waals surface area (Å²) in [7, 11) is 3.88. The minimum atomic E-state index is 0.791. The highest BCUT2D eigenvalue weighted by atomic mass is 16.5. The Bertz CT molecular complexity index is 603. The van der Waals surface area contributed by atoms with Gasteiger partial charge in [0.2, 0.25) is 0 Å². The van der Waals surface area contributed by atoms with Gasteiger partial charge < -0.3 is 20.3 Å². The number of unbranched alkanes of at least 4 members (excludes halogenated alkanes) is 2. The maximum atomic E-state index is 5.56. The molecule has 1 aromatic heterocycles. The van der Waals surface area contributed by atoms with Gasteiger partial charge in [-0.05, 0) is 62.8 Å². The van der Waals surface area contributed by atoms with E-state index in [0.717, 1.165) is 50.7 Å². The molecule has 0 saturated heterocycles. The maximum Gasteiger partial charge on any atom is 0.128 e. The summed E-state index contributed by atoms with van der Waals surface area (Å²) in [5.74, 6) is 1.90. The molecule has 0 bridgehead atoms. The van der Waals surface area contributed by atoms with E-state index in [1.165, 1.54) is 18.4 Å². The lowest BCUT2D eigenvalue weighted by Crippen LogP contribution is -2.34. The van der Waals surface area contributed by atoms with Crippen LogP contribution in [-0.4, -0.2) is 50.2 Å². The second-order valence-corrected chi connectivity index (χ2v) is 6.61. The van der Waals surface area contributed by atoms with E-state index >= 15 is 0 Å². The van der Waals surface area contributed by atoms with Gasteiger partial charge in [-0.2, -0.15) is 0 Å². The van der Waals surface area contributed by atoms with Crippen LogP contribution in [0.3, 0.4) is 0 Å². The van der Waals surface area contributed by atoms with E-state index in [4.69, 9.17) is 10.5 Å². The van der Waals surface area contributed by atoms with Gasteiger partial charge in [-0.15, -0.1) is 0 Å². The Morgan fingerprint density at radius 1 is 0.962 bits per heavy atom. The van der Waals surface area contributed by atoms with Crippen LogP contribution in [0.2, 0.25) is 0 Å². The average molecular weight is 357 g/mol. The smallest absolute Gasteiger partial charge is 0.128 e. The van der Waals surface area contributed by atoms with Gasteiger partial charge >= 0.3 is 0 Å². The average Bonchev–Trinajstić information content (AvgIpc) is 2.69. The second-order valence-electron chi connectivity index (χ2n) is 6.61. The zero-order valence-corrected chi connectivity index (χ0v) is 16.1. The molecule has 5 nitrogen and oxygen atoms in total. The first-order valence-electron chi connectivity index (χ1n) is 9.40. The summed E-state index contributed by atoms with van der Waals surface area (Å²) < 4.78 is 5.25. The van der Waals surface area contributed by atoms with Gasteiger partial charge in [0.1, 0.15) is 11.6 Å². The SMILES string of the molecule is COc1ccc(CN(CCN(C)CCCCCN)c2ccccn2)cc1. The van der Waals surface area contributed by atoms with Gasteiger partial charge in [0.25, 0.3) is 0 Å². The number of nitrogens with zero attached hydrogens (tertiary/aromatic N) is 3. The van der Waals surface area contributed by atoms with Crippen LogP contribution in [0.15, 0.2) is 48.7 Å². The van der Waals surface area contributed by atoms with Crippen molar-refractivity contribution in [3.05, 3.63) is 54.2 Å². The topological polar surface area (TPSA) is 54.6 Å². The van der Waals surface area contributed by atoms with Crippen LogP contribution in [0.5, 0.6) is 5.75 Å². The summed E-state index contributed by atoms with van der Waals surface area (Å²) in [6.07, 6.45) is 5.38. The van der Waals surface area contributed by atoms with E-state index in [2.05, 4.69) is 40.0 Å². The van der Waals surface area contributed by atoms with E-state index in [0.29, 0.717) is 0 Å². The highest BCUT2D eigenvalue weighted by molar-refractivity contribution is 5.39. The van der Waals surface area contributed by atoms with Crippen molar-refractivity contribution in [1.82, 2.24) is 9.88 Å². The van der Waals surface area contributed by atoms with Gasteiger partial charge in [-0.25, -0.2) is 4.98 Å². The Morgan fingerprint density at radius 3 is 2.42 bits per heavy atom. The number of benzene rings is 1. The van der Waals surface area contributed by atoms with Crippen molar-refractivity contribution >= 4 is 5.82 Å². The van der Waals surface area contributed by atoms with E-state index in [1.54, 1.807) is 7.11 Å². The molecule has 1 heterocycles.